The first kappa shape index (κ1) is 69.8. The smallest absolute Gasteiger partial charge is 0.547 e. The molecule has 10 atom stereocenters. The van der Waals surface area contributed by atoms with E-state index in [-0.39, 0.29) is 86.6 Å². The summed E-state index contributed by atoms with van der Waals surface area (Å²) in [7, 11) is 1.44. The Bertz CT molecular complexity index is 3570. The number of carbonyl (C=O) groups excluding carboxylic acids is 3. The Labute approximate surface area is 546 Å². The number of aryl methyl sites for hydroxylation is 2. The SMILES string of the molecule is Cc1cc(COC(=O)N(C)CCOC(=O)Oc2c[nH]c3cc(Br)c(OCN=[N+]=[N-])c(Br)c23)ccc1O[C@@H]1O[C@H](C(=O)O)[C@@H](O)[C@H](O)[C@H]1O.Cc1cc(COc2c[nH]c3cc(Br)c(OCN=[N+]=[N-])c(Br)c23)ccc1O[C@@H]1O[C@H](C(=O)[O-])[C@@H](O)[C@H](O)[C@H]1O.[Na+]. The largest absolute Gasteiger partial charge is 1.00 e. The number of benzene rings is 4. The van der Waals surface area contributed by atoms with E-state index >= 15 is 0 Å². The van der Waals surface area contributed by atoms with Gasteiger partial charge in [-0.05, 0) is 147 Å². The summed E-state index contributed by atoms with van der Waals surface area (Å²) in [5, 5.41) is 88.3. The standard InChI is InChI=1S/C28H29Br2N5O13.C23H22Br2N4O9.Na/c1-12-7-13(3-4-16(12)46-26-22(38)20(36)21(37)24(48-26)25(39)40)10-44-27(41)35(2)5-6-43-28(42)47-17-9-32-15-8-14(29)23(19(30)18(15)17)45-11-33-34-31;1-9-4-10(2-3-13(9)37-23-19(32)17(30)18(31)21(38-23)22(33)34)7-35-14-6-27-12-5-11(24)20(16(25)15(12)14)36-8-28-29-26;/h3-4,7-9,20-22,24,26,32,36-38H,5-6,10-11H2,1-2H3,(H,39,40);2-6,17-19,21,23,27,30-32H,7-8H2,1H3,(H,33,34);/q;;+1/p-1/t20-,21-,22+,24-,26+;17-,18-,19+,21-,23+;/m00./s1. The number of halogens is 4. The first-order valence-electron chi connectivity index (χ1n) is 24.9. The van der Waals surface area contributed by atoms with Crippen LogP contribution in [0.15, 0.2) is 89.0 Å². The number of nitrogens with zero attached hydrogens (tertiary/aromatic N) is 7. The first-order valence-corrected chi connectivity index (χ1v) is 28.1. The number of carboxylic acids is 2. The number of hydrogen-bond acceptors (Lipinski definition) is 23. The quantitative estimate of drug-likeness (QED) is 0.0164. The van der Waals surface area contributed by atoms with Gasteiger partial charge in [-0.3, -0.25) is 0 Å². The first-order chi connectivity index (χ1) is 40.9. The molecule has 4 aromatic carbocycles. The van der Waals surface area contributed by atoms with Crippen LogP contribution in [0.25, 0.3) is 42.7 Å². The van der Waals surface area contributed by atoms with Crippen LogP contribution in [-0.4, -0.2) is 170 Å². The molecule has 0 unspecified atom stereocenters. The molecule has 2 fully saturated rings. The van der Waals surface area contributed by atoms with Crippen LogP contribution in [0.4, 0.5) is 9.59 Å². The van der Waals surface area contributed by atoms with E-state index in [1.807, 2.05) is 0 Å². The van der Waals surface area contributed by atoms with E-state index in [4.69, 9.17) is 58.4 Å². The van der Waals surface area contributed by atoms with Gasteiger partial charge in [0.15, 0.2) is 25.3 Å². The second kappa shape index (κ2) is 31.7. The van der Waals surface area contributed by atoms with E-state index in [0.29, 0.717) is 68.1 Å². The summed E-state index contributed by atoms with van der Waals surface area (Å²) in [5.41, 5.74) is 20.8. The van der Waals surface area contributed by atoms with Gasteiger partial charge in [0.05, 0.1) is 52.2 Å². The van der Waals surface area contributed by atoms with Crippen molar-refractivity contribution in [3.05, 3.63) is 122 Å². The molecule has 460 valence electrons. The summed E-state index contributed by atoms with van der Waals surface area (Å²) in [6, 6.07) is 13.2. The van der Waals surface area contributed by atoms with E-state index in [0.717, 1.165) is 11.1 Å². The van der Waals surface area contributed by atoms with Crippen LogP contribution in [0.5, 0.6) is 34.5 Å². The van der Waals surface area contributed by atoms with Gasteiger partial charge in [-0.2, -0.15) is 0 Å². The molecule has 4 heterocycles. The summed E-state index contributed by atoms with van der Waals surface area (Å²) in [4.78, 5) is 60.0. The number of hydrogen-bond donors (Lipinski definition) is 9. The van der Waals surface area contributed by atoms with Gasteiger partial charge in [0.25, 0.3) is 0 Å². The van der Waals surface area contributed by atoms with Crippen LogP contribution in [0.1, 0.15) is 22.3 Å². The Morgan fingerprint density at radius 2 is 1.13 bits per heavy atom. The Kier molecular flexibility index (Phi) is 25.4. The molecule has 2 saturated heterocycles. The van der Waals surface area contributed by atoms with Gasteiger partial charge in [0.2, 0.25) is 12.6 Å². The van der Waals surface area contributed by atoms with Gasteiger partial charge in [-0.25, -0.2) is 14.4 Å². The maximum atomic E-state index is 12.5. The van der Waals surface area contributed by atoms with Crippen molar-refractivity contribution in [3.63, 3.8) is 0 Å². The zero-order valence-electron chi connectivity index (χ0n) is 45.7. The number of azide groups is 2. The minimum Gasteiger partial charge on any atom is -0.547 e. The van der Waals surface area contributed by atoms with Gasteiger partial charge >= 0.3 is 47.8 Å². The molecule has 0 saturated carbocycles. The number of carboxylic acid groups (broad SMARTS) is 2. The van der Waals surface area contributed by atoms with Crippen molar-refractivity contribution in [1.82, 2.24) is 14.9 Å². The molecule has 2 aliphatic heterocycles. The van der Waals surface area contributed by atoms with Gasteiger partial charge in [0, 0.05) is 29.3 Å². The topological polar surface area (TPSA) is 458 Å². The van der Waals surface area contributed by atoms with Gasteiger partial charge in [-0.1, -0.05) is 22.4 Å². The number of aliphatic hydroxyl groups is 6. The van der Waals surface area contributed by atoms with Crippen molar-refractivity contribution >= 4 is 110 Å². The molecule has 9 N–H and O–H groups in total. The van der Waals surface area contributed by atoms with Crippen molar-refractivity contribution in [1.29, 1.82) is 0 Å². The molecule has 0 bridgehead atoms. The van der Waals surface area contributed by atoms with Crippen molar-refractivity contribution in [2.45, 2.75) is 88.5 Å². The molecular formula is C51H50Br4N9NaO22. The fraction of sp³-hybridized carbons (Fsp3) is 0.373. The molecule has 8 rings (SSSR count). The monoisotopic (exact) mass is 1480 g/mol. The van der Waals surface area contributed by atoms with Crippen LogP contribution in [0.3, 0.4) is 0 Å². The molecule has 36 heteroatoms. The number of rotatable bonds is 21. The number of H-pyrrole nitrogens is 2. The van der Waals surface area contributed by atoms with Gasteiger partial charge in [0.1, 0.15) is 91.3 Å². The number of ether oxygens (including phenoxy) is 10. The number of nitrogens with one attached hydrogen (secondary N) is 2. The van der Waals surface area contributed by atoms with E-state index in [2.05, 4.69) is 93.7 Å². The molecule has 1 amide bonds. The molecule has 0 radical (unpaired) electrons. The number of aromatic amines is 2. The fourth-order valence-electron chi connectivity index (χ4n) is 8.34. The maximum Gasteiger partial charge on any atom is 1.00 e. The molecule has 6 aromatic rings. The summed E-state index contributed by atoms with van der Waals surface area (Å²) in [6.45, 7) is 2.71. The fourth-order valence-corrected chi connectivity index (χ4v) is 11.4. The van der Waals surface area contributed by atoms with Crippen molar-refractivity contribution in [3.8, 4) is 34.5 Å². The van der Waals surface area contributed by atoms with Crippen LogP contribution in [0, 0.1) is 13.8 Å². The Morgan fingerprint density at radius 1 is 0.655 bits per heavy atom. The average molecular weight is 1480 g/mol. The minimum atomic E-state index is -1.87. The zero-order chi connectivity index (χ0) is 62.7. The summed E-state index contributed by atoms with van der Waals surface area (Å²) in [6.07, 6.45) is -16.1. The van der Waals surface area contributed by atoms with Gasteiger partial charge < -0.3 is 108 Å². The van der Waals surface area contributed by atoms with Crippen molar-refractivity contribution in [2.75, 3.05) is 33.7 Å². The molecule has 0 spiro atoms. The number of carbonyl (C=O) groups is 4. The van der Waals surface area contributed by atoms with Crippen LogP contribution >= 0.6 is 63.7 Å². The Balaban J connectivity index is 0.000000282. The number of amides is 1. The second-order valence-corrected chi connectivity index (χ2v) is 21.8. The summed E-state index contributed by atoms with van der Waals surface area (Å²) in [5.74, 6) is -1.40. The number of aliphatic carboxylic acids is 2. The second-order valence-electron chi connectivity index (χ2n) is 18.5. The summed E-state index contributed by atoms with van der Waals surface area (Å²) < 4.78 is 56.4. The van der Waals surface area contributed by atoms with E-state index in [9.17, 15) is 60.0 Å². The van der Waals surface area contributed by atoms with Crippen LogP contribution in [-0.2, 0) is 41.8 Å². The third-order valence-corrected chi connectivity index (χ3v) is 15.4. The predicted molar refractivity (Wildman–Crippen MR) is 305 cm³/mol. The third kappa shape index (κ3) is 17.1. The predicted octanol–water partition coefficient (Wildman–Crippen LogP) is 2.87. The van der Waals surface area contributed by atoms with E-state index in [1.54, 1.807) is 62.5 Å². The number of likely N-dealkylation sites (N-methyl/N-ethyl adjacent to an activating group) is 1. The molecular weight excluding hydrogens is 1430 g/mol. The number of aliphatic hydroxyl groups excluding tert-OH is 6. The van der Waals surface area contributed by atoms with Crippen molar-refractivity contribution in [2.24, 2.45) is 10.2 Å². The Morgan fingerprint density at radius 3 is 1.61 bits per heavy atom. The van der Waals surface area contributed by atoms with Crippen LogP contribution < -0.4 is 63.1 Å². The molecule has 31 nitrogen and oxygen atoms in total. The molecule has 2 aliphatic rings. The number of fused-ring (bicyclic) bond motifs is 2. The van der Waals surface area contributed by atoms with E-state index in [1.165, 1.54) is 24.2 Å². The van der Waals surface area contributed by atoms with Crippen LogP contribution in [0.2, 0.25) is 0 Å². The maximum absolute atomic E-state index is 12.5. The average Bonchev–Trinajstić information content (AvgIpc) is 2.53. The molecule has 2 aromatic heterocycles. The molecule has 87 heavy (non-hydrogen) atoms. The Hall–Kier alpha value is -6.34. The number of aromatic nitrogens is 2. The zero-order valence-corrected chi connectivity index (χ0v) is 54.0. The summed E-state index contributed by atoms with van der Waals surface area (Å²) >= 11 is 13.7. The van der Waals surface area contributed by atoms with Crippen molar-refractivity contribution < 1.29 is 137 Å². The third-order valence-electron chi connectivity index (χ3n) is 12.7. The molecule has 0 aliphatic carbocycles. The van der Waals surface area contributed by atoms with Gasteiger partial charge in [-0.15, -0.1) is 0 Å². The minimum absolute atomic E-state index is 0. The normalized spacial score (nSPS) is 21.3. The van der Waals surface area contributed by atoms with E-state index < -0.39 is 85.6 Å².